The molecule has 0 aromatic heterocycles. The molecular weight excluding hydrogens is 228 g/mol. The fourth-order valence-corrected chi connectivity index (χ4v) is 5.12. The summed E-state index contributed by atoms with van der Waals surface area (Å²) in [4.78, 5) is 12.4. The predicted octanol–water partition coefficient (Wildman–Crippen LogP) is 2.31. The van der Waals surface area contributed by atoms with Crippen LogP contribution in [-0.4, -0.2) is 28.7 Å². The third kappa shape index (κ3) is 1.11. The zero-order valence-corrected chi connectivity index (χ0v) is 11.9. The van der Waals surface area contributed by atoms with Gasteiger partial charge in [-0.3, -0.25) is 4.79 Å². The SMILES string of the molecule is CC1(C)CCC[C@@]2(C)[C@H]1CC(=O)[C@@]1(C)O[C@@]21CO. The lowest BCUT2D eigenvalue weighted by Gasteiger charge is -2.55. The number of hydrogen-bond donors (Lipinski definition) is 1. The maximum absolute atomic E-state index is 12.4. The molecule has 0 radical (unpaired) electrons. The molecular formula is C15H24O3. The first kappa shape index (κ1) is 12.6. The van der Waals surface area contributed by atoms with Gasteiger partial charge >= 0.3 is 0 Å². The van der Waals surface area contributed by atoms with E-state index in [0.717, 1.165) is 12.8 Å². The van der Waals surface area contributed by atoms with E-state index in [1.54, 1.807) is 0 Å². The first-order valence-corrected chi connectivity index (χ1v) is 7.08. The molecule has 1 saturated heterocycles. The molecule has 3 fully saturated rings. The molecule has 0 unspecified atom stereocenters. The Morgan fingerprint density at radius 1 is 1.28 bits per heavy atom. The van der Waals surface area contributed by atoms with Crippen molar-refractivity contribution >= 4 is 5.78 Å². The molecule has 102 valence electrons. The first-order chi connectivity index (χ1) is 8.23. The van der Waals surface area contributed by atoms with E-state index >= 15 is 0 Å². The third-order valence-electron chi connectivity index (χ3n) is 6.40. The molecule has 0 aromatic carbocycles. The minimum atomic E-state index is -0.722. The molecule has 0 aromatic rings. The molecule has 3 nitrogen and oxygen atoms in total. The van der Waals surface area contributed by atoms with Crippen LogP contribution in [0.3, 0.4) is 0 Å². The summed E-state index contributed by atoms with van der Waals surface area (Å²) < 4.78 is 5.88. The number of epoxide rings is 1. The Hall–Kier alpha value is -0.410. The van der Waals surface area contributed by atoms with Crippen LogP contribution in [-0.2, 0) is 9.53 Å². The zero-order valence-electron chi connectivity index (χ0n) is 11.9. The molecule has 4 atom stereocenters. The number of hydrogen-bond acceptors (Lipinski definition) is 3. The summed E-state index contributed by atoms with van der Waals surface area (Å²) in [5.41, 5.74) is -1.23. The van der Waals surface area contributed by atoms with Crippen molar-refractivity contribution in [3.63, 3.8) is 0 Å². The van der Waals surface area contributed by atoms with Crippen molar-refractivity contribution in [1.29, 1.82) is 0 Å². The maximum atomic E-state index is 12.4. The van der Waals surface area contributed by atoms with Crippen LogP contribution in [0, 0.1) is 16.7 Å². The Bertz CT molecular complexity index is 416. The van der Waals surface area contributed by atoms with Crippen LogP contribution in [0.4, 0.5) is 0 Å². The van der Waals surface area contributed by atoms with Crippen molar-refractivity contribution in [2.45, 2.75) is 64.6 Å². The summed E-state index contributed by atoms with van der Waals surface area (Å²) in [7, 11) is 0. The highest BCUT2D eigenvalue weighted by molar-refractivity contribution is 5.93. The Morgan fingerprint density at radius 2 is 1.94 bits per heavy atom. The van der Waals surface area contributed by atoms with Gasteiger partial charge in [0.2, 0.25) is 0 Å². The third-order valence-corrected chi connectivity index (χ3v) is 6.40. The molecule has 2 aliphatic carbocycles. The number of aliphatic hydroxyl groups excluding tert-OH is 1. The summed E-state index contributed by atoms with van der Waals surface area (Å²) >= 11 is 0. The van der Waals surface area contributed by atoms with Crippen LogP contribution in [0.15, 0.2) is 0 Å². The molecule has 2 saturated carbocycles. The smallest absolute Gasteiger partial charge is 0.167 e. The van der Waals surface area contributed by atoms with E-state index in [0.29, 0.717) is 12.3 Å². The van der Waals surface area contributed by atoms with Gasteiger partial charge in [-0.05, 0) is 31.1 Å². The lowest BCUT2D eigenvalue weighted by molar-refractivity contribution is -0.137. The number of ketones is 1. The Kier molecular flexibility index (Phi) is 2.23. The molecule has 0 bridgehead atoms. The average molecular weight is 252 g/mol. The van der Waals surface area contributed by atoms with Gasteiger partial charge in [-0.2, -0.15) is 0 Å². The maximum Gasteiger partial charge on any atom is 0.167 e. The van der Waals surface area contributed by atoms with E-state index in [1.165, 1.54) is 6.42 Å². The first-order valence-electron chi connectivity index (χ1n) is 7.08. The van der Waals surface area contributed by atoms with Crippen molar-refractivity contribution in [3.8, 4) is 0 Å². The van der Waals surface area contributed by atoms with Gasteiger partial charge in [0.25, 0.3) is 0 Å². The minimum Gasteiger partial charge on any atom is -0.393 e. The monoisotopic (exact) mass is 252 g/mol. The number of Topliss-reactive ketones (excluding diaryl/α,β-unsaturated/α-hetero) is 1. The van der Waals surface area contributed by atoms with Crippen LogP contribution >= 0.6 is 0 Å². The van der Waals surface area contributed by atoms with Crippen molar-refractivity contribution in [2.75, 3.05) is 6.61 Å². The average Bonchev–Trinajstić information content (AvgIpc) is 2.92. The van der Waals surface area contributed by atoms with E-state index in [2.05, 4.69) is 20.8 Å². The van der Waals surface area contributed by atoms with E-state index in [9.17, 15) is 9.90 Å². The Morgan fingerprint density at radius 3 is 2.56 bits per heavy atom. The highest BCUT2D eigenvalue weighted by atomic mass is 16.6. The van der Waals surface area contributed by atoms with Crippen molar-refractivity contribution in [1.82, 2.24) is 0 Å². The molecule has 3 aliphatic rings. The number of carbonyl (C=O) groups excluding carboxylic acids is 1. The number of fused-ring (bicyclic) bond motifs is 3. The number of rotatable bonds is 1. The lowest BCUT2D eigenvalue weighted by Crippen LogP contribution is -2.60. The van der Waals surface area contributed by atoms with E-state index in [4.69, 9.17) is 4.74 Å². The van der Waals surface area contributed by atoms with Gasteiger partial charge in [0.15, 0.2) is 11.4 Å². The zero-order chi connectivity index (χ0) is 13.4. The molecule has 18 heavy (non-hydrogen) atoms. The van der Waals surface area contributed by atoms with Crippen LogP contribution in [0.1, 0.15) is 53.4 Å². The molecule has 3 rings (SSSR count). The van der Waals surface area contributed by atoms with Crippen LogP contribution in [0.5, 0.6) is 0 Å². The van der Waals surface area contributed by atoms with Crippen molar-refractivity contribution in [3.05, 3.63) is 0 Å². The van der Waals surface area contributed by atoms with Crippen molar-refractivity contribution in [2.24, 2.45) is 16.7 Å². The topological polar surface area (TPSA) is 49.8 Å². The van der Waals surface area contributed by atoms with Gasteiger partial charge in [-0.15, -0.1) is 0 Å². The summed E-state index contributed by atoms with van der Waals surface area (Å²) in [6, 6.07) is 0. The van der Waals surface area contributed by atoms with E-state index < -0.39 is 11.2 Å². The largest absolute Gasteiger partial charge is 0.393 e. The van der Waals surface area contributed by atoms with Crippen LogP contribution in [0.25, 0.3) is 0 Å². The highest BCUT2D eigenvalue weighted by Gasteiger charge is 2.82. The van der Waals surface area contributed by atoms with Crippen LogP contribution in [0.2, 0.25) is 0 Å². The lowest BCUT2D eigenvalue weighted by atomic mass is 9.46. The second kappa shape index (κ2) is 3.18. The fraction of sp³-hybridized carbons (Fsp3) is 0.933. The number of carbonyl (C=O) groups is 1. The second-order valence-corrected chi connectivity index (χ2v) is 7.56. The van der Waals surface area contributed by atoms with Gasteiger partial charge < -0.3 is 9.84 Å². The number of aliphatic hydroxyl groups is 1. The predicted molar refractivity (Wildman–Crippen MR) is 68.2 cm³/mol. The number of ether oxygens (including phenoxy) is 1. The van der Waals surface area contributed by atoms with Gasteiger partial charge in [0.1, 0.15) is 5.60 Å². The van der Waals surface area contributed by atoms with E-state index in [1.807, 2.05) is 6.92 Å². The molecule has 1 N–H and O–H groups in total. The molecule has 1 heterocycles. The van der Waals surface area contributed by atoms with Gasteiger partial charge in [-0.1, -0.05) is 27.2 Å². The second-order valence-electron chi connectivity index (χ2n) is 7.56. The Balaban J connectivity index is 2.10. The normalized spacial score (nSPS) is 53.6. The van der Waals surface area contributed by atoms with Gasteiger partial charge in [0, 0.05) is 11.8 Å². The molecule has 3 heteroatoms. The standard InChI is InChI=1S/C15H24O3/c1-12(2)6-5-7-13(3)10(12)8-11(17)14(4)15(13,9-16)18-14/h10,16H,5-9H2,1-4H3/t10-,13-,14+,15-/m0/s1. The fourth-order valence-electron chi connectivity index (χ4n) is 5.12. The van der Waals surface area contributed by atoms with E-state index in [-0.39, 0.29) is 23.2 Å². The van der Waals surface area contributed by atoms with Gasteiger partial charge in [-0.25, -0.2) is 0 Å². The highest BCUT2D eigenvalue weighted by Crippen LogP contribution is 2.71. The van der Waals surface area contributed by atoms with Crippen LogP contribution < -0.4 is 0 Å². The van der Waals surface area contributed by atoms with Crippen molar-refractivity contribution < 1.29 is 14.6 Å². The molecule has 0 amide bonds. The summed E-state index contributed by atoms with van der Waals surface area (Å²) in [5.74, 6) is 0.517. The summed E-state index contributed by atoms with van der Waals surface area (Å²) in [6.07, 6.45) is 4.00. The summed E-state index contributed by atoms with van der Waals surface area (Å²) in [6.45, 7) is 8.59. The Labute approximate surface area is 109 Å². The summed E-state index contributed by atoms with van der Waals surface area (Å²) in [5, 5.41) is 9.87. The molecule has 1 aliphatic heterocycles. The van der Waals surface area contributed by atoms with Gasteiger partial charge in [0.05, 0.1) is 6.61 Å². The molecule has 0 spiro atoms. The quantitative estimate of drug-likeness (QED) is 0.729. The minimum absolute atomic E-state index is 0.0294.